The molecule has 6 nitrogen and oxygen atoms in total. The first-order valence-electron chi connectivity index (χ1n) is 8.80. The third-order valence-corrected chi connectivity index (χ3v) is 5.67. The zero-order valence-corrected chi connectivity index (χ0v) is 16.7. The molecule has 0 fully saturated rings. The maximum Gasteiger partial charge on any atom is 0.338 e. The quantitative estimate of drug-likeness (QED) is 0.665. The molecular formula is C20H26N2O4S. The number of carbonyl (C=O) groups excluding carboxylic acids is 1. The van der Waals surface area contributed by atoms with Gasteiger partial charge in [0.2, 0.25) is 10.0 Å². The van der Waals surface area contributed by atoms with E-state index in [1.165, 1.54) is 24.3 Å². The Bertz CT molecular complexity index is 834. The lowest BCUT2D eigenvalue weighted by Crippen LogP contribution is -2.41. The number of esters is 1. The molecule has 0 aliphatic heterocycles. The standard InChI is InChI=1S/C20H26N2O4S/c1-4-26-20(23)17-10-12-19(13-11-17)27(24,25)21-15-18(22(2)3)14-16-8-6-5-7-9-16/h5-13,18,21H,4,14-15H2,1-3H3. The van der Waals surface area contributed by atoms with Crippen molar-refractivity contribution in [2.45, 2.75) is 24.3 Å². The van der Waals surface area contributed by atoms with Gasteiger partial charge in [0.05, 0.1) is 17.1 Å². The lowest BCUT2D eigenvalue weighted by Gasteiger charge is -2.24. The summed E-state index contributed by atoms with van der Waals surface area (Å²) >= 11 is 0. The van der Waals surface area contributed by atoms with Crippen molar-refractivity contribution >= 4 is 16.0 Å². The van der Waals surface area contributed by atoms with Crippen LogP contribution in [0.2, 0.25) is 0 Å². The number of carbonyl (C=O) groups is 1. The monoisotopic (exact) mass is 390 g/mol. The summed E-state index contributed by atoms with van der Waals surface area (Å²) < 4.78 is 32.7. The van der Waals surface area contributed by atoms with Gasteiger partial charge in [-0.3, -0.25) is 0 Å². The molecule has 0 spiro atoms. The van der Waals surface area contributed by atoms with E-state index < -0.39 is 16.0 Å². The van der Waals surface area contributed by atoms with E-state index in [2.05, 4.69) is 4.72 Å². The second kappa shape index (κ2) is 9.64. The fourth-order valence-electron chi connectivity index (χ4n) is 2.60. The van der Waals surface area contributed by atoms with Gasteiger partial charge < -0.3 is 9.64 Å². The molecule has 2 aromatic rings. The van der Waals surface area contributed by atoms with E-state index >= 15 is 0 Å². The minimum absolute atomic E-state index is 0.0148. The fraction of sp³-hybridized carbons (Fsp3) is 0.350. The van der Waals surface area contributed by atoms with Gasteiger partial charge in [0.25, 0.3) is 0 Å². The van der Waals surface area contributed by atoms with Crippen molar-refractivity contribution in [3.8, 4) is 0 Å². The van der Waals surface area contributed by atoms with Gasteiger partial charge in [-0.2, -0.15) is 0 Å². The highest BCUT2D eigenvalue weighted by atomic mass is 32.2. The highest BCUT2D eigenvalue weighted by Gasteiger charge is 2.19. The van der Waals surface area contributed by atoms with E-state index in [0.29, 0.717) is 5.56 Å². The molecule has 0 saturated heterocycles. The normalized spacial score (nSPS) is 12.7. The number of hydrogen-bond acceptors (Lipinski definition) is 5. The van der Waals surface area contributed by atoms with Crippen LogP contribution in [0.4, 0.5) is 0 Å². The molecule has 0 radical (unpaired) electrons. The Hall–Kier alpha value is -2.22. The number of rotatable bonds is 9. The largest absolute Gasteiger partial charge is 0.462 e. The third kappa shape index (κ3) is 6.16. The van der Waals surface area contributed by atoms with Crippen LogP contribution < -0.4 is 4.72 Å². The van der Waals surface area contributed by atoms with Crippen molar-refractivity contribution in [2.75, 3.05) is 27.2 Å². The summed E-state index contributed by atoms with van der Waals surface area (Å²) in [6.07, 6.45) is 0.734. The summed E-state index contributed by atoms with van der Waals surface area (Å²) in [6.45, 7) is 2.27. The summed E-state index contributed by atoms with van der Waals surface area (Å²) in [7, 11) is 0.189. The van der Waals surface area contributed by atoms with E-state index in [-0.39, 0.29) is 24.1 Å². The van der Waals surface area contributed by atoms with Crippen LogP contribution in [0.5, 0.6) is 0 Å². The molecular weight excluding hydrogens is 364 g/mol. The van der Waals surface area contributed by atoms with Crippen molar-refractivity contribution in [2.24, 2.45) is 0 Å². The molecule has 0 bridgehead atoms. The van der Waals surface area contributed by atoms with E-state index in [1.54, 1.807) is 6.92 Å². The second-order valence-electron chi connectivity index (χ2n) is 6.40. The van der Waals surface area contributed by atoms with Crippen molar-refractivity contribution in [3.63, 3.8) is 0 Å². The Morgan fingerprint density at radius 3 is 2.26 bits per heavy atom. The van der Waals surface area contributed by atoms with E-state index in [1.807, 2.05) is 49.3 Å². The van der Waals surface area contributed by atoms with Crippen molar-refractivity contribution in [1.29, 1.82) is 0 Å². The zero-order valence-electron chi connectivity index (χ0n) is 15.9. The Labute approximate surface area is 161 Å². The minimum Gasteiger partial charge on any atom is -0.462 e. The fourth-order valence-corrected chi connectivity index (χ4v) is 3.67. The van der Waals surface area contributed by atoms with Crippen molar-refractivity contribution in [3.05, 3.63) is 65.7 Å². The Morgan fingerprint density at radius 2 is 1.70 bits per heavy atom. The molecule has 0 aliphatic rings. The van der Waals surface area contributed by atoms with Crippen LogP contribution in [0.25, 0.3) is 0 Å². The van der Waals surface area contributed by atoms with Gasteiger partial charge in [0.1, 0.15) is 0 Å². The number of ether oxygens (including phenoxy) is 1. The molecule has 1 atom stereocenters. The predicted octanol–water partition coefficient (Wildman–Crippen LogP) is 2.31. The van der Waals surface area contributed by atoms with Crippen molar-refractivity contribution < 1.29 is 17.9 Å². The summed E-state index contributed by atoms with van der Waals surface area (Å²) in [4.78, 5) is 13.8. The molecule has 0 heterocycles. The molecule has 0 saturated carbocycles. The van der Waals surface area contributed by atoms with Gasteiger partial charge in [0, 0.05) is 12.6 Å². The third-order valence-electron chi connectivity index (χ3n) is 4.23. The number of sulfonamides is 1. The van der Waals surface area contributed by atoms with Crippen LogP contribution in [0.15, 0.2) is 59.5 Å². The SMILES string of the molecule is CCOC(=O)c1ccc(S(=O)(=O)NCC(Cc2ccccc2)N(C)C)cc1. The van der Waals surface area contributed by atoms with Crippen LogP contribution in [-0.4, -0.2) is 52.6 Å². The Balaban J connectivity index is 2.04. The summed E-state index contributed by atoms with van der Waals surface area (Å²) in [5, 5.41) is 0. The van der Waals surface area contributed by atoms with Gasteiger partial charge in [-0.05, 0) is 57.3 Å². The van der Waals surface area contributed by atoms with Gasteiger partial charge in [-0.25, -0.2) is 17.9 Å². The predicted molar refractivity (Wildman–Crippen MR) is 105 cm³/mol. The first kappa shape index (κ1) is 21.1. The number of nitrogens with one attached hydrogen (secondary N) is 1. The Morgan fingerprint density at radius 1 is 1.07 bits per heavy atom. The first-order valence-corrected chi connectivity index (χ1v) is 10.3. The lowest BCUT2D eigenvalue weighted by atomic mass is 10.1. The van der Waals surface area contributed by atoms with Crippen LogP contribution in [0.1, 0.15) is 22.8 Å². The Kier molecular flexibility index (Phi) is 7.53. The number of likely N-dealkylation sites (N-methyl/N-ethyl adjacent to an activating group) is 1. The van der Waals surface area contributed by atoms with E-state index in [4.69, 9.17) is 4.74 Å². The van der Waals surface area contributed by atoms with Gasteiger partial charge >= 0.3 is 5.97 Å². The molecule has 146 valence electrons. The second-order valence-corrected chi connectivity index (χ2v) is 8.17. The van der Waals surface area contributed by atoms with E-state index in [0.717, 1.165) is 12.0 Å². The average molecular weight is 391 g/mol. The van der Waals surface area contributed by atoms with Crippen LogP contribution in [0.3, 0.4) is 0 Å². The maximum absolute atomic E-state index is 12.6. The summed E-state index contributed by atoms with van der Waals surface area (Å²) in [5.41, 5.74) is 1.47. The summed E-state index contributed by atoms with van der Waals surface area (Å²) in [6, 6.07) is 15.7. The van der Waals surface area contributed by atoms with Crippen LogP contribution in [-0.2, 0) is 21.2 Å². The van der Waals surface area contributed by atoms with Gasteiger partial charge in [0.15, 0.2) is 0 Å². The molecule has 0 amide bonds. The lowest BCUT2D eigenvalue weighted by molar-refractivity contribution is 0.0526. The number of benzene rings is 2. The zero-order chi connectivity index (χ0) is 19.9. The topological polar surface area (TPSA) is 75.7 Å². The smallest absolute Gasteiger partial charge is 0.338 e. The van der Waals surface area contributed by atoms with Crippen molar-refractivity contribution in [1.82, 2.24) is 9.62 Å². The minimum atomic E-state index is -3.66. The molecule has 2 aromatic carbocycles. The van der Waals surface area contributed by atoms with Crippen LogP contribution in [0, 0.1) is 0 Å². The van der Waals surface area contributed by atoms with Gasteiger partial charge in [-0.15, -0.1) is 0 Å². The molecule has 1 unspecified atom stereocenters. The summed E-state index contributed by atoms with van der Waals surface area (Å²) in [5.74, 6) is -0.468. The number of hydrogen-bond donors (Lipinski definition) is 1. The highest BCUT2D eigenvalue weighted by molar-refractivity contribution is 7.89. The van der Waals surface area contributed by atoms with E-state index in [9.17, 15) is 13.2 Å². The molecule has 0 aromatic heterocycles. The maximum atomic E-state index is 12.6. The molecule has 0 aliphatic carbocycles. The number of nitrogens with zero attached hydrogens (tertiary/aromatic N) is 1. The molecule has 27 heavy (non-hydrogen) atoms. The van der Waals surface area contributed by atoms with Crippen LogP contribution >= 0.6 is 0 Å². The molecule has 1 N–H and O–H groups in total. The highest BCUT2D eigenvalue weighted by Crippen LogP contribution is 2.13. The molecule has 2 rings (SSSR count). The first-order chi connectivity index (χ1) is 12.8. The average Bonchev–Trinajstić information content (AvgIpc) is 2.66. The molecule has 7 heteroatoms. The van der Waals surface area contributed by atoms with Gasteiger partial charge in [-0.1, -0.05) is 30.3 Å².